The third-order valence-corrected chi connectivity index (χ3v) is 5.27. The molecule has 0 saturated heterocycles. The predicted molar refractivity (Wildman–Crippen MR) is 114 cm³/mol. The molecule has 1 unspecified atom stereocenters. The molecule has 1 atom stereocenters. The third kappa shape index (κ3) is 3.58. The molecule has 1 N–H and O–H groups in total. The molecule has 0 spiro atoms. The van der Waals surface area contributed by atoms with Gasteiger partial charge in [0.25, 0.3) is 0 Å². The number of aromatic nitrogens is 1. The first-order valence-corrected chi connectivity index (χ1v) is 9.89. The van der Waals surface area contributed by atoms with Gasteiger partial charge in [-0.15, -0.1) is 0 Å². The van der Waals surface area contributed by atoms with Crippen LogP contribution in [-0.4, -0.2) is 32.9 Å². The lowest BCUT2D eigenvalue weighted by atomic mass is 9.98. The minimum atomic E-state index is -0.527. The van der Waals surface area contributed by atoms with Gasteiger partial charge in [0.15, 0.2) is 0 Å². The summed E-state index contributed by atoms with van der Waals surface area (Å²) in [6.07, 6.45) is 1.67. The first-order chi connectivity index (χ1) is 13.0. The number of carbonyl (C=O) groups excluding carboxylic acids is 2. The lowest BCUT2D eigenvalue weighted by molar-refractivity contribution is -0.140. The number of nitrogens with one attached hydrogen (secondary N) is 1. The van der Waals surface area contributed by atoms with Gasteiger partial charge in [0.2, 0.25) is 11.8 Å². The molecule has 2 heterocycles. The van der Waals surface area contributed by atoms with Crippen LogP contribution in [0, 0.1) is 5.92 Å². The van der Waals surface area contributed by atoms with Crippen LogP contribution in [0.5, 0.6) is 0 Å². The average Bonchev–Trinajstić information content (AvgIpc) is 2.77. The Morgan fingerprint density at radius 3 is 2.43 bits per heavy atom. The Bertz CT molecular complexity index is 960. The monoisotopic (exact) mass is 381 g/mol. The van der Waals surface area contributed by atoms with Crippen molar-refractivity contribution in [2.75, 3.05) is 0 Å². The molecule has 5 heteroatoms. The van der Waals surface area contributed by atoms with Crippen LogP contribution >= 0.6 is 0 Å². The van der Waals surface area contributed by atoms with E-state index in [1.807, 2.05) is 60.7 Å². The molecule has 1 aromatic carbocycles. The molecule has 1 aliphatic rings. The molecule has 5 nitrogen and oxygen atoms in total. The molecule has 3 rings (SSSR count). The fourth-order valence-corrected chi connectivity index (χ4v) is 4.20. The van der Waals surface area contributed by atoms with Gasteiger partial charge < -0.3 is 14.8 Å². The molecular weight excluding hydrogens is 350 g/mol. The number of aryl methyl sites for hydroxylation is 1. The van der Waals surface area contributed by atoms with Gasteiger partial charge in [0.05, 0.1) is 0 Å². The van der Waals surface area contributed by atoms with Crippen LogP contribution in [0.1, 0.15) is 52.8 Å². The molecule has 1 aliphatic heterocycles. The highest BCUT2D eigenvalue weighted by atomic mass is 16.2. The fraction of sp³-hybridized carbons (Fsp3) is 0.478. The van der Waals surface area contributed by atoms with E-state index < -0.39 is 6.04 Å². The van der Waals surface area contributed by atoms with Crippen LogP contribution in [0.3, 0.4) is 0 Å². The molecule has 1 aromatic heterocycles. The number of nitrogens with zero attached hydrogens (tertiary/aromatic N) is 2. The number of hydrogen-bond acceptors (Lipinski definition) is 2. The topological polar surface area (TPSA) is 54.3 Å². The number of benzene rings is 1. The normalized spacial score (nSPS) is 16.1. The van der Waals surface area contributed by atoms with Crippen molar-refractivity contribution >= 4 is 28.3 Å². The summed E-state index contributed by atoms with van der Waals surface area (Å²) in [7, 11) is 2.03. The zero-order chi connectivity index (χ0) is 20.8. The summed E-state index contributed by atoms with van der Waals surface area (Å²) in [5.74, 6) is -0.220. The van der Waals surface area contributed by atoms with E-state index in [1.165, 1.54) is 0 Å². The average molecular weight is 382 g/mol. The summed E-state index contributed by atoms with van der Waals surface area (Å²) in [4.78, 5) is 27.9. The molecule has 0 bridgehead atoms. The predicted octanol–water partition coefficient (Wildman–Crippen LogP) is 3.86. The second-order valence-electron chi connectivity index (χ2n) is 9.12. The van der Waals surface area contributed by atoms with E-state index >= 15 is 0 Å². The van der Waals surface area contributed by atoms with Crippen molar-refractivity contribution in [1.29, 1.82) is 0 Å². The van der Waals surface area contributed by atoms with Crippen molar-refractivity contribution in [3.05, 3.63) is 41.6 Å². The minimum Gasteiger partial charge on any atom is -0.350 e. The maximum Gasteiger partial charge on any atom is 0.247 e. The summed E-state index contributed by atoms with van der Waals surface area (Å²) in [6.45, 7) is 12.2. The quantitative estimate of drug-likeness (QED) is 0.878. The molecule has 2 amide bonds. The number of rotatable bonds is 3. The zero-order valence-electron chi connectivity index (χ0n) is 18.0. The standard InChI is InChI=1S/C23H31N3O2/c1-14(2)20(22(28)24-23(4,5)6)26-13-17-16-10-8-9-11-18(16)25(7)21(17)15(3)12-19(26)27/h8-12,14,20H,13H2,1-7H3,(H,24,28). The van der Waals surface area contributed by atoms with Gasteiger partial charge >= 0.3 is 0 Å². The Morgan fingerprint density at radius 1 is 1.18 bits per heavy atom. The Hall–Kier alpha value is -2.56. The number of allylic oxidation sites excluding steroid dienone is 1. The van der Waals surface area contributed by atoms with E-state index in [2.05, 4.69) is 22.0 Å². The molecule has 0 saturated carbocycles. The minimum absolute atomic E-state index is 0.00321. The van der Waals surface area contributed by atoms with Crippen LogP contribution in [0.4, 0.5) is 0 Å². The maximum atomic E-state index is 13.1. The van der Waals surface area contributed by atoms with Gasteiger partial charge in [0, 0.05) is 47.4 Å². The molecular formula is C23H31N3O2. The summed E-state index contributed by atoms with van der Waals surface area (Å²) in [5, 5.41) is 4.19. The van der Waals surface area contributed by atoms with Crippen LogP contribution in [0.2, 0.25) is 0 Å². The van der Waals surface area contributed by atoms with Crippen LogP contribution < -0.4 is 5.32 Å². The van der Waals surface area contributed by atoms with Crippen molar-refractivity contribution in [1.82, 2.24) is 14.8 Å². The molecule has 0 fully saturated rings. The van der Waals surface area contributed by atoms with Crippen LogP contribution in [0.25, 0.3) is 16.5 Å². The number of fused-ring (bicyclic) bond motifs is 3. The van der Waals surface area contributed by atoms with Crippen LogP contribution in [-0.2, 0) is 23.2 Å². The van der Waals surface area contributed by atoms with Gasteiger partial charge in [-0.3, -0.25) is 9.59 Å². The summed E-state index contributed by atoms with van der Waals surface area (Å²) >= 11 is 0. The van der Waals surface area contributed by atoms with Crippen molar-refractivity contribution in [3.8, 4) is 0 Å². The van der Waals surface area contributed by atoms with E-state index in [1.54, 1.807) is 11.0 Å². The van der Waals surface area contributed by atoms with E-state index in [0.29, 0.717) is 6.54 Å². The van der Waals surface area contributed by atoms with Gasteiger partial charge in [0.1, 0.15) is 6.04 Å². The SMILES string of the molecule is CC1=CC(=O)N(C(C(=O)NC(C)(C)C)C(C)C)Cc2c1n(C)c1ccccc21. The molecule has 2 aromatic rings. The highest BCUT2D eigenvalue weighted by Crippen LogP contribution is 2.34. The van der Waals surface area contributed by atoms with Crippen molar-refractivity contribution < 1.29 is 9.59 Å². The third-order valence-electron chi connectivity index (χ3n) is 5.27. The second kappa shape index (κ2) is 7.12. The summed E-state index contributed by atoms with van der Waals surface area (Å²) < 4.78 is 2.15. The number of carbonyl (C=O) groups is 2. The summed E-state index contributed by atoms with van der Waals surface area (Å²) in [6, 6.07) is 7.70. The Balaban J connectivity index is 2.12. The highest BCUT2D eigenvalue weighted by molar-refractivity contribution is 6.01. The van der Waals surface area contributed by atoms with Crippen molar-refractivity contribution in [3.63, 3.8) is 0 Å². The Labute approximate surface area is 167 Å². The zero-order valence-corrected chi connectivity index (χ0v) is 18.0. The maximum absolute atomic E-state index is 13.1. The highest BCUT2D eigenvalue weighted by Gasteiger charge is 2.36. The number of amides is 2. The van der Waals surface area contributed by atoms with Gasteiger partial charge in [-0.1, -0.05) is 32.0 Å². The van der Waals surface area contributed by atoms with E-state index in [-0.39, 0.29) is 23.3 Å². The molecule has 28 heavy (non-hydrogen) atoms. The summed E-state index contributed by atoms with van der Waals surface area (Å²) in [5.41, 5.74) is 3.88. The Kier molecular flexibility index (Phi) is 5.13. The smallest absolute Gasteiger partial charge is 0.247 e. The van der Waals surface area contributed by atoms with E-state index in [0.717, 1.165) is 27.7 Å². The van der Waals surface area contributed by atoms with Crippen molar-refractivity contribution in [2.24, 2.45) is 13.0 Å². The first kappa shape index (κ1) is 20.2. The van der Waals surface area contributed by atoms with Crippen LogP contribution in [0.15, 0.2) is 30.3 Å². The largest absolute Gasteiger partial charge is 0.350 e. The number of hydrogen-bond donors (Lipinski definition) is 1. The lowest BCUT2D eigenvalue weighted by Gasteiger charge is -2.34. The number of para-hydroxylation sites is 1. The van der Waals surface area contributed by atoms with Gasteiger partial charge in [-0.2, -0.15) is 0 Å². The Morgan fingerprint density at radius 2 is 1.82 bits per heavy atom. The molecule has 0 aliphatic carbocycles. The van der Waals surface area contributed by atoms with E-state index in [4.69, 9.17) is 0 Å². The first-order valence-electron chi connectivity index (χ1n) is 9.89. The fourth-order valence-electron chi connectivity index (χ4n) is 4.20. The molecule has 0 radical (unpaired) electrons. The molecule has 150 valence electrons. The van der Waals surface area contributed by atoms with Gasteiger partial charge in [-0.05, 0) is 45.3 Å². The lowest BCUT2D eigenvalue weighted by Crippen LogP contribution is -2.55. The second-order valence-corrected chi connectivity index (χ2v) is 9.12. The van der Waals surface area contributed by atoms with E-state index in [9.17, 15) is 9.59 Å². The van der Waals surface area contributed by atoms with Crippen molar-refractivity contribution in [2.45, 2.75) is 59.7 Å². The van der Waals surface area contributed by atoms with Gasteiger partial charge in [-0.25, -0.2) is 0 Å².